The maximum absolute atomic E-state index is 11.0. The van der Waals surface area contributed by atoms with Gasteiger partial charge in [0.2, 0.25) is 5.95 Å². The van der Waals surface area contributed by atoms with E-state index in [1.54, 1.807) is 23.7 Å². The fourth-order valence-corrected chi connectivity index (χ4v) is 1.65. The molecule has 0 aliphatic carbocycles. The SMILES string of the molecule is Cn1c(NC(=O)O)nc2cc(C(=O)Cl)ccc21. The Hall–Kier alpha value is -2.08. The average molecular weight is 254 g/mol. The Labute approximate surface area is 101 Å². The predicted molar refractivity (Wildman–Crippen MR) is 62.5 cm³/mol. The first kappa shape index (κ1) is 11.4. The minimum Gasteiger partial charge on any atom is -0.465 e. The van der Waals surface area contributed by atoms with Gasteiger partial charge in [0, 0.05) is 12.6 Å². The number of amides is 1. The zero-order valence-corrected chi connectivity index (χ0v) is 9.52. The number of hydrogen-bond donors (Lipinski definition) is 2. The molecule has 1 aromatic carbocycles. The Morgan fingerprint density at radius 3 is 2.76 bits per heavy atom. The van der Waals surface area contributed by atoms with Crippen LogP contribution >= 0.6 is 11.6 Å². The third-order valence-electron chi connectivity index (χ3n) is 2.33. The molecule has 0 unspecified atom stereocenters. The van der Waals surface area contributed by atoms with Gasteiger partial charge in [0.15, 0.2) is 0 Å². The van der Waals surface area contributed by atoms with Crippen LogP contribution in [0.1, 0.15) is 10.4 Å². The number of hydrogen-bond acceptors (Lipinski definition) is 3. The number of nitrogens with one attached hydrogen (secondary N) is 1. The van der Waals surface area contributed by atoms with Crippen molar-refractivity contribution < 1.29 is 14.7 Å². The van der Waals surface area contributed by atoms with Gasteiger partial charge in [-0.1, -0.05) is 0 Å². The Morgan fingerprint density at radius 2 is 2.18 bits per heavy atom. The van der Waals surface area contributed by atoms with Gasteiger partial charge in [0.25, 0.3) is 5.24 Å². The molecule has 7 heteroatoms. The molecule has 6 nitrogen and oxygen atoms in total. The van der Waals surface area contributed by atoms with E-state index < -0.39 is 11.3 Å². The third kappa shape index (κ3) is 2.07. The van der Waals surface area contributed by atoms with Crippen molar-refractivity contribution in [3.8, 4) is 0 Å². The van der Waals surface area contributed by atoms with Crippen LogP contribution in [-0.4, -0.2) is 26.0 Å². The summed E-state index contributed by atoms with van der Waals surface area (Å²) in [6.07, 6.45) is -1.20. The summed E-state index contributed by atoms with van der Waals surface area (Å²) in [7, 11) is 1.67. The molecule has 0 radical (unpaired) electrons. The van der Waals surface area contributed by atoms with Crippen LogP contribution in [0.2, 0.25) is 0 Å². The van der Waals surface area contributed by atoms with E-state index >= 15 is 0 Å². The molecule has 17 heavy (non-hydrogen) atoms. The molecule has 1 heterocycles. The van der Waals surface area contributed by atoms with Gasteiger partial charge in [0.1, 0.15) is 0 Å². The van der Waals surface area contributed by atoms with Gasteiger partial charge in [-0.15, -0.1) is 0 Å². The van der Waals surface area contributed by atoms with E-state index in [4.69, 9.17) is 16.7 Å². The molecule has 2 aromatic rings. The molecule has 0 fully saturated rings. The second kappa shape index (κ2) is 4.06. The molecule has 0 aliphatic heterocycles. The van der Waals surface area contributed by atoms with E-state index in [1.165, 1.54) is 6.07 Å². The van der Waals surface area contributed by atoms with Crippen LogP contribution in [0.3, 0.4) is 0 Å². The number of rotatable bonds is 2. The number of carboxylic acid groups (broad SMARTS) is 1. The summed E-state index contributed by atoms with van der Waals surface area (Å²) >= 11 is 5.35. The maximum atomic E-state index is 11.0. The lowest BCUT2D eigenvalue weighted by atomic mass is 10.2. The number of anilines is 1. The zero-order valence-electron chi connectivity index (χ0n) is 8.77. The number of benzene rings is 1. The average Bonchev–Trinajstić information content (AvgIpc) is 2.54. The van der Waals surface area contributed by atoms with Crippen molar-refractivity contribution in [2.45, 2.75) is 0 Å². The Balaban J connectivity index is 2.57. The summed E-state index contributed by atoms with van der Waals surface area (Å²) in [6.45, 7) is 0. The van der Waals surface area contributed by atoms with Gasteiger partial charge in [-0.25, -0.2) is 9.78 Å². The van der Waals surface area contributed by atoms with Crippen LogP contribution < -0.4 is 5.32 Å². The predicted octanol–water partition coefficient (Wildman–Crippen LogP) is 2.04. The topological polar surface area (TPSA) is 84.2 Å². The number of carbonyl (C=O) groups is 2. The second-order valence-corrected chi connectivity index (χ2v) is 3.75. The second-order valence-electron chi connectivity index (χ2n) is 3.40. The van der Waals surface area contributed by atoms with Crippen LogP contribution in [-0.2, 0) is 7.05 Å². The van der Waals surface area contributed by atoms with Gasteiger partial charge in [-0.05, 0) is 29.8 Å². The highest BCUT2D eigenvalue weighted by Crippen LogP contribution is 2.20. The molecule has 0 aliphatic rings. The number of imidazole rings is 1. The maximum Gasteiger partial charge on any atom is 0.411 e. The molecule has 2 N–H and O–H groups in total. The molecule has 0 saturated carbocycles. The van der Waals surface area contributed by atoms with Crippen molar-refractivity contribution >= 4 is 39.9 Å². The van der Waals surface area contributed by atoms with Crippen molar-refractivity contribution in [2.24, 2.45) is 7.05 Å². The van der Waals surface area contributed by atoms with E-state index in [2.05, 4.69) is 10.3 Å². The molecule has 88 valence electrons. The number of aryl methyl sites for hydroxylation is 1. The Morgan fingerprint density at radius 1 is 1.47 bits per heavy atom. The van der Waals surface area contributed by atoms with Crippen molar-refractivity contribution in [1.29, 1.82) is 0 Å². The monoisotopic (exact) mass is 253 g/mol. The summed E-state index contributed by atoms with van der Waals surface area (Å²) in [4.78, 5) is 25.6. The highest BCUT2D eigenvalue weighted by atomic mass is 35.5. The highest BCUT2D eigenvalue weighted by molar-refractivity contribution is 6.67. The van der Waals surface area contributed by atoms with Gasteiger partial charge >= 0.3 is 6.09 Å². The van der Waals surface area contributed by atoms with Gasteiger partial charge in [-0.2, -0.15) is 0 Å². The van der Waals surface area contributed by atoms with Crippen LogP contribution in [0.5, 0.6) is 0 Å². The molecule has 0 saturated heterocycles. The molecule has 1 amide bonds. The van der Waals surface area contributed by atoms with Crippen molar-refractivity contribution in [3.05, 3.63) is 23.8 Å². The smallest absolute Gasteiger partial charge is 0.411 e. The standard InChI is InChI=1S/C10H8ClN3O3/c1-14-7-3-2-5(8(11)15)4-6(7)12-9(14)13-10(16)17/h2-4H,1H3,(H,12,13)(H,16,17). The van der Waals surface area contributed by atoms with Crippen molar-refractivity contribution in [3.63, 3.8) is 0 Å². The first-order valence-corrected chi connectivity index (χ1v) is 5.03. The number of aromatic nitrogens is 2. The summed E-state index contributed by atoms with van der Waals surface area (Å²) in [5.41, 5.74) is 1.53. The molecular weight excluding hydrogens is 246 g/mol. The van der Waals surface area contributed by atoms with E-state index in [0.717, 1.165) is 0 Å². The zero-order chi connectivity index (χ0) is 12.6. The molecule has 1 aromatic heterocycles. The summed E-state index contributed by atoms with van der Waals surface area (Å²) in [6, 6.07) is 4.73. The minimum absolute atomic E-state index is 0.187. The molecule has 0 bridgehead atoms. The van der Waals surface area contributed by atoms with Crippen molar-refractivity contribution in [1.82, 2.24) is 9.55 Å². The first-order valence-electron chi connectivity index (χ1n) is 4.65. The fraction of sp³-hybridized carbons (Fsp3) is 0.100. The molecular formula is C10H8ClN3O3. The largest absolute Gasteiger partial charge is 0.465 e. The van der Waals surface area contributed by atoms with Crippen molar-refractivity contribution in [2.75, 3.05) is 5.32 Å². The van der Waals surface area contributed by atoms with E-state index in [-0.39, 0.29) is 5.95 Å². The van der Waals surface area contributed by atoms with Crippen LogP contribution in [0, 0.1) is 0 Å². The van der Waals surface area contributed by atoms with E-state index in [9.17, 15) is 9.59 Å². The van der Waals surface area contributed by atoms with Gasteiger partial charge in [0.05, 0.1) is 11.0 Å². The quantitative estimate of drug-likeness (QED) is 0.802. The Kier molecular flexibility index (Phi) is 2.72. The first-order chi connectivity index (χ1) is 7.99. The third-order valence-corrected chi connectivity index (χ3v) is 2.54. The number of carbonyl (C=O) groups excluding carboxylic acids is 1. The lowest BCUT2D eigenvalue weighted by molar-refractivity contribution is 0.108. The summed E-state index contributed by atoms with van der Waals surface area (Å²) in [5.74, 6) is 0.187. The van der Waals surface area contributed by atoms with Crippen LogP contribution in [0.4, 0.5) is 10.7 Å². The molecule has 0 spiro atoms. The minimum atomic E-state index is -1.20. The highest BCUT2D eigenvalue weighted by Gasteiger charge is 2.11. The van der Waals surface area contributed by atoms with E-state index in [1.807, 2.05) is 0 Å². The lowest BCUT2D eigenvalue weighted by Gasteiger charge is -2.00. The summed E-state index contributed by atoms with van der Waals surface area (Å²) < 4.78 is 1.58. The lowest BCUT2D eigenvalue weighted by Crippen LogP contribution is -2.11. The fourth-order valence-electron chi connectivity index (χ4n) is 1.53. The molecule has 0 atom stereocenters. The van der Waals surface area contributed by atoms with Gasteiger partial charge < -0.3 is 9.67 Å². The van der Waals surface area contributed by atoms with Crippen LogP contribution in [0.25, 0.3) is 11.0 Å². The summed E-state index contributed by atoms with van der Waals surface area (Å²) in [5, 5.41) is 10.2. The number of nitrogens with zero attached hydrogens (tertiary/aromatic N) is 2. The van der Waals surface area contributed by atoms with Crippen LogP contribution in [0.15, 0.2) is 18.2 Å². The number of fused-ring (bicyclic) bond motifs is 1. The molecule has 2 rings (SSSR count). The Bertz CT molecular complexity index is 621. The number of halogens is 1. The van der Waals surface area contributed by atoms with E-state index in [0.29, 0.717) is 16.6 Å². The normalized spacial score (nSPS) is 10.5. The van der Waals surface area contributed by atoms with Gasteiger partial charge in [-0.3, -0.25) is 10.1 Å².